The maximum absolute atomic E-state index is 13.1. The lowest BCUT2D eigenvalue weighted by atomic mass is 10.1. The fraction of sp³-hybridized carbons (Fsp3) is 0.278. The molecule has 0 radical (unpaired) electrons. The summed E-state index contributed by atoms with van der Waals surface area (Å²) in [5.41, 5.74) is 1.67. The van der Waals surface area contributed by atoms with E-state index in [-0.39, 0.29) is 36.8 Å². The van der Waals surface area contributed by atoms with Crippen molar-refractivity contribution in [2.75, 3.05) is 19.6 Å². The molecule has 1 atom stereocenters. The fourth-order valence-electron chi connectivity index (χ4n) is 3.23. The van der Waals surface area contributed by atoms with Crippen LogP contribution in [0.25, 0.3) is 5.69 Å². The van der Waals surface area contributed by atoms with Crippen molar-refractivity contribution < 1.29 is 4.79 Å². The normalized spacial score (nSPS) is 16.3. The third-order valence-corrected chi connectivity index (χ3v) is 4.58. The van der Waals surface area contributed by atoms with Gasteiger partial charge < -0.3 is 19.4 Å². The van der Waals surface area contributed by atoms with Crippen LogP contribution in [0.3, 0.4) is 0 Å². The molecule has 2 aromatic heterocycles. The molecule has 3 aromatic rings. The molecule has 1 aliphatic rings. The van der Waals surface area contributed by atoms with Gasteiger partial charge in [-0.1, -0.05) is 0 Å². The largest absolute Gasteiger partial charge is 0.336 e. The topological polar surface area (TPSA) is 68.0 Å². The number of piperazine rings is 1. The lowest BCUT2D eigenvalue weighted by molar-refractivity contribution is 0.0621. The molecular formula is C18H22Cl2N6O. The number of nitrogens with zero attached hydrogens (tertiary/aromatic N) is 5. The van der Waals surface area contributed by atoms with Crippen LogP contribution in [-0.4, -0.2) is 49.5 Å². The van der Waals surface area contributed by atoms with Crippen LogP contribution in [0.4, 0.5) is 0 Å². The minimum atomic E-state index is -0.0606. The smallest absolute Gasteiger partial charge is 0.254 e. The van der Waals surface area contributed by atoms with Gasteiger partial charge in [0.25, 0.3) is 5.91 Å². The van der Waals surface area contributed by atoms with E-state index in [1.165, 1.54) is 0 Å². The van der Waals surface area contributed by atoms with Crippen molar-refractivity contribution in [2.24, 2.45) is 7.05 Å². The van der Waals surface area contributed by atoms with Gasteiger partial charge in [0, 0.05) is 62.7 Å². The second kappa shape index (κ2) is 9.03. The number of benzene rings is 1. The van der Waals surface area contributed by atoms with E-state index in [1.54, 1.807) is 18.7 Å². The minimum Gasteiger partial charge on any atom is -0.336 e. The molecule has 7 nitrogen and oxygen atoms in total. The molecule has 1 amide bonds. The van der Waals surface area contributed by atoms with Crippen molar-refractivity contribution in [3.8, 4) is 5.69 Å². The second-order valence-corrected chi connectivity index (χ2v) is 6.13. The zero-order valence-corrected chi connectivity index (χ0v) is 16.5. The van der Waals surface area contributed by atoms with Crippen molar-refractivity contribution >= 4 is 30.7 Å². The third-order valence-electron chi connectivity index (χ3n) is 4.58. The lowest BCUT2D eigenvalue weighted by Crippen LogP contribution is -2.49. The SMILES string of the molecule is Cl.Cl.Cn1ccnc1C1CNCCN1C(=O)c1ccc(-n2ccnc2)cc1. The van der Waals surface area contributed by atoms with Gasteiger partial charge >= 0.3 is 0 Å². The molecule has 1 N–H and O–H groups in total. The van der Waals surface area contributed by atoms with Gasteiger partial charge in [-0.15, -0.1) is 24.8 Å². The van der Waals surface area contributed by atoms with E-state index < -0.39 is 0 Å². The molecule has 1 aromatic carbocycles. The van der Waals surface area contributed by atoms with Crippen molar-refractivity contribution in [2.45, 2.75) is 6.04 Å². The second-order valence-electron chi connectivity index (χ2n) is 6.13. The molecule has 0 spiro atoms. The zero-order chi connectivity index (χ0) is 17.2. The summed E-state index contributed by atoms with van der Waals surface area (Å²) < 4.78 is 3.88. The number of imidazole rings is 2. The molecule has 27 heavy (non-hydrogen) atoms. The first-order chi connectivity index (χ1) is 12.2. The molecule has 144 valence electrons. The van der Waals surface area contributed by atoms with Crippen LogP contribution in [0.15, 0.2) is 55.4 Å². The summed E-state index contributed by atoms with van der Waals surface area (Å²) in [6.45, 7) is 2.17. The number of hydrogen-bond acceptors (Lipinski definition) is 4. The van der Waals surface area contributed by atoms with Crippen molar-refractivity contribution in [1.29, 1.82) is 0 Å². The molecule has 1 unspecified atom stereocenters. The Morgan fingerprint density at radius 3 is 2.56 bits per heavy atom. The molecule has 1 aliphatic heterocycles. The standard InChI is InChI=1S/C18H20N6O.2ClH/c1-22-9-8-21-17(22)16-12-19-7-11-24(16)18(25)14-2-4-15(5-3-14)23-10-6-20-13-23;;/h2-6,8-10,13,16,19H,7,11-12H2,1H3;2*1H. The first-order valence-electron chi connectivity index (χ1n) is 8.31. The predicted molar refractivity (Wildman–Crippen MR) is 108 cm³/mol. The van der Waals surface area contributed by atoms with Crippen LogP contribution >= 0.6 is 24.8 Å². The Balaban J connectivity index is 0.00000131. The maximum Gasteiger partial charge on any atom is 0.254 e. The van der Waals surface area contributed by atoms with Crippen molar-refractivity contribution in [3.05, 3.63) is 66.8 Å². The van der Waals surface area contributed by atoms with Crippen molar-refractivity contribution in [3.63, 3.8) is 0 Å². The van der Waals surface area contributed by atoms with E-state index in [1.807, 2.05) is 57.7 Å². The fourth-order valence-corrected chi connectivity index (χ4v) is 3.23. The van der Waals surface area contributed by atoms with E-state index in [4.69, 9.17) is 0 Å². The van der Waals surface area contributed by atoms with Gasteiger partial charge in [-0.2, -0.15) is 0 Å². The van der Waals surface area contributed by atoms with Gasteiger partial charge in [0.05, 0.1) is 6.33 Å². The number of carbonyl (C=O) groups is 1. The highest BCUT2D eigenvalue weighted by Crippen LogP contribution is 2.23. The Labute approximate surface area is 170 Å². The number of aromatic nitrogens is 4. The molecule has 0 aliphatic carbocycles. The molecule has 1 saturated heterocycles. The summed E-state index contributed by atoms with van der Waals surface area (Å²) in [5.74, 6) is 0.933. The zero-order valence-electron chi connectivity index (χ0n) is 14.9. The molecular weight excluding hydrogens is 387 g/mol. The molecule has 3 heterocycles. The predicted octanol–water partition coefficient (Wildman–Crippen LogP) is 2.24. The minimum absolute atomic E-state index is 0. The number of nitrogens with one attached hydrogen (secondary N) is 1. The summed E-state index contributed by atoms with van der Waals surface area (Å²) in [5, 5.41) is 3.36. The highest BCUT2D eigenvalue weighted by Gasteiger charge is 2.30. The highest BCUT2D eigenvalue weighted by atomic mass is 35.5. The molecule has 0 bridgehead atoms. The Morgan fingerprint density at radius 2 is 1.93 bits per heavy atom. The van der Waals surface area contributed by atoms with Gasteiger partial charge in [0.1, 0.15) is 11.9 Å². The average Bonchev–Trinajstić information content (AvgIpc) is 3.33. The van der Waals surface area contributed by atoms with E-state index in [2.05, 4.69) is 15.3 Å². The highest BCUT2D eigenvalue weighted by molar-refractivity contribution is 5.94. The van der Waals surface area contributed by atoms with E-state index >= 15 is 0 Å². The first-order valence-corrected chi connectivity index (χ1v) is 8.31. The third kappa shape index (κ3) is 4.16. The van der Waals surface area contributed by atoms with Gasteiger partial charge in [-0.25, -0.2) is 9.97 Å². The Hall–Kier alpha value is -2.35. The molecule has 4 rings (SSSR count). The van der Waals surface area contributed by atoms with Gasteiger partial charge in [0.15, 0.2) is 0 Å². The van der Waals surface area contributed by atoms with Crippen molar-refractivity contribution in [1.82, 2.24) is 29.3 Å². The summed E-state index contributed by atoms with van der Waals surface area (Å²) in [4.78, 5) is 23.4. The van der Waals surface area contributed by atoms with E-state index in [0.29, 0.717) is 18.7 Å². The average molecular weight is 409 g/mol. The number of amides is 1. The van der Waals surface area contributed by atoms with E-state index in [0.717, 1.165) is 18.1 Å². The Bertz CT molecular complexity index is 862. The molecule has 0 saturated carbocycles. The van der Waals surface area contributed by atoms with Crippen LogP contribution in [0, 0.1) is 0 Å². The Kier molecular flexibility index (Phi) is 7.01. The van der Waals surface area contributed by atoms with Crippen LogP contribution in [0.2, 0.25) is 0 Å². The molecule has 1 fully saturated rings. The van der Waals surface area contributed by atoms with Gasteiger partial charge in [-0.05, 0) is 24.3 Å². The number of halogens is 2. The monoisotopic (exact) mass is 408 g/mol. The van der Waals surface area contributed by atoms with Gasteiger partial charge in [0.2, 0.25) is 0 Å². The molecule has 9 heteroatoms. The maximum atomic E-state index is 13.1. The number of hydrogen-bond donors (Lipinski definition) is 1. The van der Waals surface area contributed by atoms with E-state index in [9.17, 15) is 4.79 Å². The summed E-state index contributed by atoms with van der Waals surface area (Å²) in [6.07, 6.45) is 9.03. The first kappa shape index (κ1) is 21.0. The Morgan fingerprint density at radius 1 is 1.15 bits per heavy atom. The van der Waals surface area contributed by atoms with Gasteiger partial charge in [-0.3, -0.25) is 4.79 Å². The summed E-state index contributed by atoms with van der Waals surface area (Å²) in [6, 6.07) is 7.55. The number of carbonyl (C=O) groups excluding carboxylic acids is 1. The van der Waals surface area contributed by atoms with Crippen LogP contribution in [0.1, 0.15) is 22.2 Å². The van der Waals surface area contributed by atoms with Crippen LogP contribution in [-0.2, 0) is 7.05 Å². The quantitative estimate of drug-likeness (QED) is 0.721. The number of rotatable bonds is 3. The van der Waals surface area contributed by atoms with Crippen LogP contribution in [0.5, 0.6) is 0 Å². The number of aryl methyl sites for hydroxylation is 1. The lowest BCUT2D eigenvalue weighted by Gasteiger charge is -2.35. The summed E-state index contributed by atoms with van der Waals surface area (Å²) >= 11 is 0. The summed E-state index contributed by atoms with van der Waals surface area (Å²) in [7, 11) is 1.96. The van der Waals surface area contributed by atoms with Crippen LogP contribution < -0.4 is 5.32 Å².